The molecular weight excluding hydrogens is 325 g/mol. The summed E-state index contributed by atoms with van der Waals surface area (Å²) in [7, 11) is 1.42. The molecule has 1 fully saturated rings. The smallest absolute Gasteiger partial charge is 0.317 e. The fourth-order valence-electron chi connectivity index (χ4n) is 3.02. The molecular formula is C17H22FN5O2. The second kappa shape index (κ2) is 7.96. The van der Waals surface area contributed by atoms with Crippen LogP contribution in [-0.2, 0) is 13.1 Å². The van der Waals surface area contributed by atoms with Gasteiger partial charge in [-0.25, -0.2) is 9.18 Å². The molecule has 2 heterocycles. The van der Waals surface area contributed by atoms with E-state index in [-0.39, 0.29) is 11.8 Å². The second-order valence-corrected chi connectivity index (χ2v) is 6.18. The fraction of sp³-hybridized carbons (Fsp3) is 0.471. The van der Waals surface area contributed by atoms with Crippen molar-refractivity contribution < 1.29 is 13.9 Å². The molecule has 1 aromatic heterocycles. The lowest BCUT2D eigenvalue weighted by atomic mass is 9.97. The number of aromatic nitrogens is 3. The number of nitrogens with zero attached hydrogens (tertiary/aromatic N) is 4. The summed E-state index contributed by atoms with van der Waals surface area (Å²) in [5.41, 5.74) is 0.702. The number of ether oxygens (including phenoxy) is 1. The zero-order valence-electron chi connectivity index (χ0n) is 14.2. The molecule has 0 bridgehead atoms. The van der Waals surface area contributed by atoms with Gasteiger partial charge in [0.05, 0.1) is 13.3 Å². The van der Waals surface area contributed by atoms with Crippen molar-refractivity contribution in [2.45, 2.75) is 25.9 Å². The first-order valence-electron chi connectivity index (χ1n) is 8.35. The van der Waals surface area contributed by atoms with Gasteiger partial charge in [0.15, 0.2) is 11.6 Å². The molecule has 134 valence electrons. The molecule has 0 spiro atoms. The largest absolute Gasteiger partial charge is 0.494 e. The Balaban J connectivity index is 1.44. The number of rotatable bonds is 5. The van der Waals surface area contributed by atoms with Gasteiger partial charge in [-0.2, -0.15) is 0 Å². The fourth-order valence-corrected chi connectivity index (χ4v) is 3.02. The highest BCUT2D eigenvalue weighted by atomic mass is 19.1. The molecule has 25 heavy (non-hydrogen) atoms. The number of likely N-dealkylation sites (tertiary alicyclic amines) is 1. The summed E-state index contributed by atoms with van der Waals surface area (Å²) in [6.07, 6.45) is 5.40. The number of hydrogen-bond donors (Lipinski definition) is 1. The maximum absolute atomic E-state index is 13.7. The molecule has 0 atom stereocenters. The van der Waals surface area contributed by atoms with Gasteiger partial charge in [-0.1, -0.05) is 11.3 Å². The first-order chi connectivity index (χ1) is 12.2. The summed E-state index contributed by atoms with van der Waals surface area (Å²) in [5.74, 6) is 0.272. The number of halogens is 1. The van der Waals surface area contributed by atoms with Crippen molar-refractivity contribution in [3.8, 4) is 5.75 Å². The van der Waals surface area contributed by atoms with Crippen LogP contribution in [0.15, 0.2) is 30.6 Å². The van der Waals surface area contributed by atoms with Crippen LogP contribution in [0, 0.1) is 11.7 Å². The van der Waals surface area contributed by atoms with Crippen LogP contribution in [0.5, 0.6) is 5.75 Å². The van der Waals surface area contributed by atoms with Gasteiger partial charge in [0.2, 0.25) is 0 Å². The lowest BCUT2D eigenvalue weighted by molar-refractivity contribution is 0.163. The number of methoxy groups -OCH3 is 1. The van der Waals surface area contributed by atoms with E-state index < -0.39 is 5.82 Å². The minimum absolute atomic E-state index is 0.115. The van der Waals surface area contributed by atoms with Crippen LogP contribution in [0.25, 0.3) is 0 Å². The number of piperidine rings is 1. The zero-order valence-corrected chi connectivity index (χ0v) is 14.2. The third kappa shape index (κ3) is 4.46. The van der Waals surface area contributed by atoms with E-state index in [1.54, 1.807) is 23.2 Å². The Labute approximate surface area is 145 Å². The van der Waals surface area contributed by atoms with Crippen LogP contribution in [0.2, 0.25) is 0 Å². The summed E-state index contributed by atoms with van der Waals surface area (Å²) in [6.45, 7) is 2.55. The summed E-state index contributed by atoms with van der Waals surface area (Å²) >= 11 is 0. The number of hydrogen-bond acceptors (Lipinski definition) is 4. The van der Waals surface area contributed by atoms with Gasteiger partial charge in [-0.05, 0) is 36.5 Å². The van der Waals surface area contributed by atoms with E-state index in [0.717, 1.165) is 19.4 Å². The van der Waals surface area contributed by atoms with Gasteiger partial charge >= 0.3 is 6.03 Å². The molecule has 0 aliphatic carbocycles. The molecule has 3 rings (SSSR count). The monoisotopic (exact) mass is 347 g/mol. The third-order valence-corrected chi connectivity index (χ3v) is 4.48. The van der Waals surface area contributed by atoms with E-state index in [1.807, 2.05) is 10.9 Å². The van der Waals surface area contributed by atoms with Crippen molar-refractivity contribution in [3.63, 3.8) is 0 Å². The molecule has 2 aromatic rings. The van der Waals surface area contributed by atoms with Crippen molar-refractivity contribution in [1.82, 2.24) is 25.2 Å². The van der Waals surface area contributed by atoms with Gasteiger partial charge in [0.25, 0.3) is 0 Å². The topological polar surface area (TPSA) is 72.3 Å². The second-order valence-electron chi connectivity index (χ2n) is 6.18. The summed E-state index contributed by atoms with van der Waals surface area (Å²) in [6, 6.07) is 4.57. The molecule has 8 heteroatoms. The van der Waals surface area contributed by atoms with Crippen LogP contribution < -0.4 is 10.1 Å². The summed E-state index contributed by atoms with van der Waals surface area (Å²) in [4.78, 5) is 14.1. The van der Waals surface area contributed by atoms with Gasteiger partial charge in [-0.15, -0.1) is 5.10 Å². The van der Waals surface area contributed by atoms with Crippen molar-refractivity contribution in [1.29, 1.82) is 0 Å². The van der Waals surface area contributed by atoms with Crippen LogP contribution in [0.1, 0.15) is 18.4 Å². The molecule has 7 nitrogen and oxygen atoms in total. The third-order valence-electron chi connectivity index (χ3n) is 4.48. The molecule has 1 aliphatic heterocycles. The van der Waals surface area contributed by atoms with Gasteiger partial charge in [-0.3, -0.25) is 4.68 Å². The number of urea groups is 1. The predicted octanol–water partition coefficient (Wildman–Crippen LogP) is 2.05. The quantitative estimate of drug-likeness (QED) is 0.898. The maximum atomic E-state index is 13.7. The number of amides is 2. The van der Waals surface area contributed by atoms with Crippen molar-refractivity contribution in [2.24, 2.45) is 5.92 Å². The molecule has 1 aliphatic rings. The van der Waals surface area contributed by atoms with Crippen LogP contribution in [0.4, 0.5) is 9.18 Å². The Morgan fingerprint density at radius 3 is 2.84 bits per heavy atom. The Hall–Kier alpha value is -2.64. The van der Waals surface area contributed by atoms with Gasteiger partial charge in [0, 0.05) is 32.4 Å². The standard InChI is InChI=1S/C17H22FN5O2/c1-25-16-3-2-14(10-15(16)18)11-19-17(24)22-7-4-13(5-8-22)12-23-9-6-20-21-23/h2-3,6,9-10,13H,4-5,7-8,11-12H2,1H3,(H,19,24). The number of carbonyl (C=O) groups is 1. The zero-order chi connectivity index (χ0) is 17.6. The van der Waals surface area contributed by atoms with E-state index in [0.29, 0.717) is 31.1 Å². The van der Waals surface area contributed by atoms with Crippen LogP contribution in [-0.4, -0.2) is 46.1 Å². The Morgan fingerprint density at radius 2 is 2.20 bits per heavy atom. The van der Waals surface area contributed by atoms with Crippen molar-refractivity contribution in [2.75, 3.05) is 20.2 Å². The minimum atomic E-state index is -0.428. The van der Waals surface area contributed by atoms with E-state index in [9.17, 15) is 9.18 Å². The first-order valence-corrected chi connectivity index (χ1v) is 8.35. The minimum Gasteiger partial charge on any atom is -0.494 e. The van der Waals surface area contributed by atoms with Crippen molar-refractivity contribution in [3.05, 3.63) is 42.0 Å². The van der Waals surface area contributed by atoms with Crippen molar-refractivity contribution >= 4 is 6.03 Å². The molecule has 1 N–H and O–H groups in total. The molecule has 1 aromatic carbocycles. The normalized spacial score (nSPS) is 15.2. The Bertz CT molecular complexity index is 699. The van der Waals surface area contributed by atoms with E-state index in [4.69, 9.17) is 4.74 Å². The van der Waals surface area contributed by atoms with Gasteiger partial charge < -0.3 is 15.0 Å². The lowest BCUT2D eigenvalue weighted by Gasteiger charge is -2.31. The lowest BCUT2D eigenvalue weighted by Crippen LogP contribution is -2.44. The van der Waals surface area contributed by atoms with E-state index in [1.165, 1.54) is 13.2 Å². The SMILES string of the molecule is COc1ccc(CNC(=O)N2CCC(Cn3ccnn3)CC2)cc1F. The summed E-state index contributed by atoms with van der Waals surface area (Å²) < 4.78 is 20.4. The van der Waals surface area contributed by atoms with E-state index in [2.05, 4.69) is 15.6 Å². The van der Waals surface area contributed by atoms with Gasteiger partial charge in [0.1, 0.15) is 0 Å². The number of nitrogens with one attached hydrogen (secondary N) is 1. The highest BCUT2D eigenvalue weighted by molar-refractivity contribution is 5.74. The van der Waals surface area contributed by atoms with Crippen LogP contribution in [0.3, 0.4) is 0 Å². The average Bonchev–Trinajstić information content (AvgIpc) is 3.13. The molecule has 0 saturated carbocycles. The molecule has 1 saturated heterocycles. The number of carbonyl (C=O) groups excluding carboxylic acids is 1. The first kappa shape index (κ1) is 17.2. The number of benzene rings is 1. The summed E-state index contributed by atoms with van der Waals surface area (Å²) in [5, 5.41) is 10.6. The highest BCUT2D eigenvalue weighted by Crippen LogP contribution is 2.19. The maximum Gasteiger partial charge on any atom is 0.317 e. The molecule has 2 amide bonds. The Kier molecular flexibility index (Phi) is 5.47. The molecule has 0 unspecified atom stereocenters. The highest BCUT2D eigenvalue weighted by Gasteiger charge is 2.23. The average molecular weight is 347 g/mol. The predicted molar refractivity (Wildman–Crippen MR) is 89.5 cm³/mol. The van der Waals surface area contributed by atoms with Crippen LogP contribution >= 0.6 is 0 Å². The Morgan fingerprint density at radius 1 is 1.40 bits per heavy atom. The molecule has 0 radical (unpaired) electrons. The van der Waals surface area contributed by atoms with E-state index >= 15 is 0 Å².